The van der Waals surface area contributed by atoms with Crippen LogP contribution in [0.2, 0.25) is 0 Å². The molecule has 1 aromatic heterocycles. The molecule has 7 nitrogen and oxygen atoms in total. The standard InChI is InChI=1S/C23H28FN5O2/c1-4-13-29(2)19-9-5-17(6-10-19)26-22-21(24)16-25-23(28-22)27-18-7-11-20(12-8-18)31-15-14-30-3/h5-12,16H,4,13-15H2,1-3H3,(H2,25,26,27,28). The van der Waals surface area contributed by atoms with Gasteiger partial charge in [-0.15, -0.1) is 0 Å². The quantitative estimate of drug-likeness (QED) is 0.420. The van der Waals surface area contributed by atoms with Crippen molar-refractivity contribution in [3.8, 4) is 5.75 Å². The van der Waals surface area contributed by atoms with Gasteiger partial charge in [0.25, 0.3) is 0 Å². The minimum Gasteiger partial charge on any atom is -0.491 e. The Labute approximate surface area is 182 Å². The van der Waals surface area contributed by atoms with Crippen LogP contribution in [0.3, 0.4) is 0 Å². The number of nitrogens with one attached hydrogen (secondary N) is 2. The predicted octanol–water partition coefficient (Wildman–Crippen LogP) is 4.97. The van der Waals surface area contributed by atoms with Gasteiger partial charge in [0.15, 0.2) is 11.6 Å². The van der Waals surface area contributed by atoms with Crippen molar-refractivity contribution in [3.63, 3.8) is 0 Å². The molecule has 0 atom stereocenters. The van der Waals surface area contributed by atoms with E-state index in [4.69, 9.17) is 9.47 Å². The van der Waals surface area contributed by atoms with E-state index in [1.54, 1.807) is 7.11 Å². The smallest absolute Gasteiger partial charge is 0.229 e. The second kappa shape index (κ2) is 11.1. The third-order valence-electron chi connectivity index (χ3n) is 4.54. The maximum absolute atomic E-state index is 14.3. The van der Waals surface area contributed by atoms with E-state index >= 15 is 0 Å². The van der Waals surface area contributed by atoms with Crippen LogP contribution in [0.4, 0.5) is 33.2 Å². The zero-order chi connectivity index (χ0) is 22.1. The summed E-state index contributed by atoms with van der Waals surface area (Å²) in [6.07, 6.45) is 2.21. The molecule has 164 valence electrons. The monoisotopic (exact) mass is 425 g/mol. The van der Waals surface area contributed by atoms with Crippen LogP contribution in [0.25, 0.3) is 0 Å². The zero-order valence-electron chi connectivity index (χ0n) is 18.1. The number of hydrogen-bond donors (Lipinski definition) is 2. The van der Waals surface area contributed by atoms with Crippen LogP contribution in [0.15, 0.2) is 54.7 Å². The first kappa shape index (κ1) is 22.3. The summed E-state index contributed by atoms with van der Waals surface area (Å²) in [6.45, 7) is 4.12. The number of nitrogens with zero attached hydrogens (tertiary/aromatic N) is 3. The third kappa shape index (κ3) is 6.55. The molecule has 0 fully saturated rings. The molecule has 1 heterocycles. The van der Waals surface area contributed by atoms with E-state index in [1.807, 2.05) is 55.6 Å². The topological polar surface area (TPSA) is 71.5 Å². The molecule has 8 heteroatoms. The fourth-order valence-corrected chi connectivity index (χ4v) is 2.92. The summed E-state index contributed by atoms with van der Waals surface area (Å²) in [4.78, 5) is 10.5. The second-order valence-electron chi connectivity index (χ2n) is 6.97. The number of aromatic nitrogens is 2. The molecule has 0 amide bonds. The highest BCUT2D eigenvalue weighted by Gasteiger charge is 2.09. The summed E-state index contributed by atoms with van der Waals surface area (Å²) in [5.74, 6) is 0.598. The Hall–Kier alpha value is -3.39. The van der Waals surface area contributed by atoms with Gasteiger partial charge in [-0.3, -0.25) is 0 Å². The minimum absolute atomic E-state index is 0.103. The van der Waals surface area contributed by atoms with Gasteiger partial charge < -0.3 is 25.0 Å². The summed E-state index contributed by atoms with van der Waals surface area (Å²) in [6, 6.07) is 15.1. The van der Waals surface area contributed by atoms with Gasteiger partial charge in [0.1, 0.15) is 12.4 Å². The van der Waals surface area contributed by atoms with Gasteiger partial charge in [-0.05, 0) is 55.0 Å². The van der Waals surface area contributed by atoms with Crippen molar-refractivity contribution in [2.45, 2.75) is 13.3 Å². The lowest BCUT2D eigenvalue weighted by Gasteiger charge is -2.18. The van der Waals surface area contributed by atoms with Gasteiger partial charge in [0.05, 0.1) is 12.8 Å². The summed E-state index contributed by atoms with van der Waals surface area (Å²) in [7, 11) is 3.68. The molecule has 0 saturated carbocycles. The first-order valence-electron chi connectivity index (χ1n) is 10.2. The van der Waals surface area contributed by atoms with Crippen molar-refractivity contribution in [1.29, 1.82) is 0 Å². The molecule has 3 aromatic rings. The van der Waals surface area contributed by atoms with Crippen molar-refractivity contribution in [2.75, 3.05) is 49.4 Å². The number of rotatable bonds is 11. The average Bonchev–Trinajstić information content (AvgIpc) is 2.78. The summed E-state index contributed by atoms with van der Waals surface area (Å²) in [5, 5.41) is 6.09. The molecule has 0 aliphatic heterocycles. The van der Waals surface area contributed by atoms with Gasteiger partial charge in [-0.2, -0.15) is 4.98 Å². The second-order valence-corrected chi connectivity index (χ2v) is 6.97. The van der Waals surface area contributed by atoms with Gasteiger partial charge in [-0.25, -0.2) is 9.37 Å². The minimum atomic E-state index is -0.528. The first-order valence-corrected chi connectivity index (χ1v) is 10.2. The maximum Gasteiger partial charge on any atom is 0.229 e. The number of benzene rings is 2. The third-order valence-corrected chi connectivity index (χ3v) is 4.54. The fraction of sp³-hybridized carbons (Fsp3) is 0.304. The lowest BCUT2D eigenvalue weighted by Crippen LogP contribution is -2.17. The van der Waals surface area contributed by atoms with E-state index in [2.05, 4.69) is 32.4 Å². The van der Waals surface area contributed by atoms with E-state index in [-0.39, 0.29) is 11.8 Å². The van der Waals surface area contributed by atoms with Crippen molar-refractivity contribution in [2.24, 2.45) is 0 Å². The molecule has 0 saturated heterocycles. The van der Waals surface area contributed by atoms with Crippen LogP contribution < -0.4 is 20.3 Å². The van der Waals surface area contributed by atoms with Gasteiger partial charge >= 0.3 is 0 Å². The number of anilines is 5. The van der Waals surface area contributed by atoms with Crippen LogP contribution in [0.1, 0.15) is 13.3 Å². The van der Waals surface area contributed by atoms with E-state index < -0.39 is 5.82 Å². The van der Waals surface area contributed by atoms with Crippen molar-refractivity contribution in [1.82, 2.24) is 9.97 Å². The maximum atomic E-state index is 14.3. The Morgan fingerprint density at radius 2 is 1.65 bits per heavy atom. The summed E-state index contributed by atoms with van der Waals surface area (Å²) < 4.78 is 24.8. The molecule has 2 N–H and O–H groups in total. The molecule has 0 spiro atoms. The van der Waals surface area contributed by atoms with E-state index in [0.717, 1.165) is 42.0 Å². The van der Waals surface area contributed by atoms with E-state index in [9.17, 15) is 4.39 Å². The summed E-state index contributed by atoms with van der Waals surface area (Å²) >= 11 is 0. The van der Waals surface area contributed by atoms with Crippen LogP contribution >= 0.6 is 0 Å². The van der Waals surface area contributed by atoms with Gasteiger partial charge in [0.2, 0.25) is 5.95 Å². The highest BCUT2D eigenvalue weighted by molar-refractivity contribution is 5.62. The zero-order valence-corrected chi connectivity index (χ0v) is 18.1. The van der Waals surface area contributed by atoms with Gasteiger partial charge in [-0.1, -0.05) is 6.92 Å². The lowest BCUT2D eigenvalue weighted by atomic mass is 10.2. The number of hydrogen-bond acceptors (Lipinski definition) is 7. The molecule has 0 unspecified atom stereocenters. The fourth-order valence-electron chi connectivity index (χ4n) is 2.92. The predicted molar refractivity (Wildman–Crippen MR) is 122 cm³/mol. The summed E-state index contributed by atoms with van der Waals surface area (Å²) in [5.41, 5.74) is 2.61. The van der Waals surface area contributed by atoms with Crippen LogP contribution in [0.5, 0.6) is 5.75 Å². The Bertz CT molecular complexity index is 951. The Balaban J connectivity index is 1.65. The normalized spacial score (nSPS) is 10.6. The van der Waals surface area contributed by atoms with E-state index in [1.165, 1.54) is 0 Å². The first-order chi connectivity index (χ1) is 15.1. The number of ether oxygens (including phenoxy) is 2. The highest BCUT2D eigenvalue weighted by atomic mass is 19.1. The molecule has 31 heavy (non-hydrogen) atoms. The SMILES string of the molecule is CCCN(C)c1ccc(Nc2nc(Nc3ccc(OCCOC)cc3)ncc2F)cc1. The van der Waals surface area contributed by atoms with Gasteiger partial charge in [0, 0.05) is 37.8 Å². The largest absolute Gasteiger partial charge is 0.491 e. The van der Waals surface area contributed by atoms with Crippen molar-refractivity contribution in [3.05, 3.63) is 60.5 Å². The lowest BCUT2D eigenvalue weighted by molar-refractivity contribution is 0.146. The molecule has 3 rings (SSSR count). The highest BCUT2D eigenvalue weighted by Crippen LogP contribution is 2.23. The van der Waals surface area contributed by atoms with Crippen LogP contribution in [-0.2, 0) is 4.74 Å². The van der Waals surface area contributed by atoms with Crippen LogP contribution in [-0.4, -0.2) is 43.9 Å². The van der Waals surface area contributed by atoms with E-state index in [0.29, 0.717) is 13.2 Å². The average molecular weight is 426 g/mol. The Kier molecular flexibility index (Phi) is 8.00. The van der Waals surface area contributed by atoms with Crippen molar-refractivity contribution >= 4 is 28.8 Å². The van der Waals surface area contributed by atoms with Crippen molar-refractivity contribution < 1.29 is 13.9 Å². The Morgan fingerprint density at radius 1 is 0.968 bits per heavy atom. The molecule has 0 aliphatic carbocycles. The molecule has 0 radical (unpaired) electrons. The molecule has 0 aliphatic rings. The Morgan fingerprint density at radius 3 is 2.32 bits per heavy atom. The number of methoxy groups -OCH3 is 1. The molecule has 2 aromatic carbocycles. The molecule has 0 bridgehead atoms. The number of halogens is 1. The molecular formula is C23H28FN5O2. The van der Waals surface area contributed by atoms with Crippen LogP contribution in [0, 0.1) is 5.82 Å². The molecular weight excluding hydrogens is 397 g/mol.